The minimum atomic E-state index is -1.09. The van der Waals surface area contributed by atoms with Crippen molar-refractivity contribution in [3.63, 3.8) is 0 Å². The number of hydrogen-bond donors (Lipinski definition) is 2. The number of carbonyl (C=O) groups excluding carboxylic acids is 3. The predicted molar refractivity (Wildman–Crippen MR) is 63.8 cm³/mol. The maximum absolute atomic E-state index is 11.6. The second-order valence-corrected chi connectivity index (χ2v) is 3.77. The summed E-state index contributed by atoms with van der Waals surface area (Å²) in [7, 11) is 0. The molecule has 0 aliphatic carbocycles. The Morgan fingerprint density at radius 2 is 1.78 bits per heavy atom. The van der Waals surface area contributed by atoms with Crippen LogP contribution in [-0.4, -0.2) is 24.0 Å². The Kier molecular flexibility index (Phi) is 4.42. The molecule has 3 N–H and O–H groups in total. The van der Waals surface area contributed by atoms with Crippen molar-refractivity contribution in [3.8, 4) is 0 Å². The molecule has 0 saturated carbocycles. The Bertz CT molecular complexity index is 467. The molecule has 6 heteroatoms. The molecule has 6 nitrogen and oxygen atoms in total. The fraction of sp³-hybridized carbons (Fsp3) is 0.250. The Balaban J connectivity index is 2.62. The number of aryl methyl sites for hydroxylation is 1. The quantitative estimate of drug-likeness (QED) is 0.773. The summed E-state index contributed by atoms with van der Waals surface area (Å²) >= 11 is 0. The zero-order valence-corrected chi connectivity index (χ0v) is 10.1. The van der Waals surface area contributed by atoms with Crippen LogP contribution in [0.25, 0.3) is 0 Å². The van der Waals surface area contributed by atoms with E-state index in [-0.39, 0.29) is 0 Å². The number of rotatable bonds is 3. The van der Waals surface area contributed by atoms with Crippen LogP contribution in [0.1, 0.15) is 22.8 Å². The van der Waals surface area contributed by atoms with Crippen LogP contribution in [-0.2, 0) is 9.53 Å². The summed E-state index contributed by atoms with van der Waals surface area (Å²) in [6, 6.07) is 5.71. The number of ether oxygens (including phenoxy) is 1. The van der Waals surface area contributed by atoms with Crippen LogP contribution in [0.15, 0.2) is 24.3 Å². The molecule has 0 radical (unpaired) electrons. The monoisotopic (exact) mass is 250 g/mol. The largest absolute Gasteiger partial charge is 0.449 e. The van der Waals surface area contributed by atoms with E-state index in [0.29, 0.717) is 5.56 Å². The van der Waals surface area contributed by atoms with Gasteiger partial charge in [0.1, 0.15) is 0 Å². The first-order valence-corrected chi connectivity index (χ1v) is 5.28. The van der Waals surface area contributed by atoms with Crippen molar-refractivity contribution in [1.29, 1.82) is 0 Å². The van der Waals surface area contributed by atoms with Gasteiger partial charge in [0.25, 0.3) is 5.91 Å². The lowest BCUT2D eigenvalue weighted by atomic mass is 10.1. The van der Waals surface area contributed by atoms with E-state index in [9.17, 15) is 14.4 Å². The maximum atomic E-state index is 11.6. The van der Waals surface area contributed by atoms with Gasteiger partial charge in [-0.05, 0) is 26.0 Å². The first-order chi connectivity index (χ1) is 8.40. The van der Waals surface area contributed by atoms with Crippen molar-refractivity contribution in [3.05, 3.63) is 35.4 Å². The van der Waals surface area contributed by atoms with Gasteiger partial charge in [0.05, 0.1) is 5.56 Å². The highest BCUT2D eigenvalue weighted by Crippen LogP contribution is 2.06. The highest BCUT2D eigenvalue weighted by molar-refractivity contribution is 5.98. The van der Waals surface area contributed by atoms with Gasteiger partial charge in [-0.2, -0.15) is 0 Å². The standard InChI is InChI=1S/C12H14N2O4/c1-7-3-5-9(6-4-7)11(16)18-8(2)10(15)14-12(13)17/h3-6,8H,1-2H3,(H3,13,14,15,17). The van der Waals surface area contributed by atoms with E-state index in [1.807, 2.05) is 12.2 Å². The van der Waals surface area contributed by atoms with E-state index in [0.717, 1.165) is 5.56 Å². The number of carbonyl (C=O) groups is 3. The van der Waals surface area contributed by atoms with Crippen molar-refractivity contribution in [2.45, 2.75) is 20.0 Å². The van der Waals surface area contributed by atoms with E-state index in [1.54, 1.807) is 24.3 Å². The molecular formula is C12H14N2O4. The lowest BCUT2D eigenvalue weighted by Gasteiger charge is -2.11. The van der Waals surface area contributed by atoms with Gasteiger partial charge in [-0.15, -0.1) is 0 Å². The minimum Gasteiger partial charge on any atom is -0.449 e. The molecule has 0 aliphatic rings. The maximum Gasteiger partial charge on any atom is 0.338 e. The molecule has 0 saturated heterocycles. The summed E-state index contributed by atoms with van der Waals surface area (Å²) in [6.45, 7) is 3.24. The van der Waals surface area contributed by atoms with Crippen molar-refractivity contribution >= 4 is 17.9 Å². The van der Waals surface area contributed by atoms with Gasteiger partial charge in [0.15, 0.2) is 6.10 Å². The highest BCUT2D eigenvalue weighted by atomic mass is 16.5. The summed E-state index contributed by atoms with van der Waals surface area (Å²) in [4.78, 5) is 33.4. The topological polar surface area (TPSA) is 98.5 Å². The van der Waals surface area contributed by atoms with Crippen LogP contribution < -0.4 is 11.1 Å². The molecule has 0 aliphatic heterocycles. The van der Waals surface area contributed by atoms with Gasteiger partial charge in [0.2, 0.25) is 0 Å². The molecule has 18 heavy (non-hydrogen) atoms. The van der Waals surface area contributed by atoms with E-state index in [1.165, 1.54) is 6.92 Å². The number of primary amides is 1. The SMILES string of the molecule is Cc1ccc(C(=O)OC(C)C(=O)NC(N)=O)cc1. The first kappa shape index (κ1) is 13.7. The van der Waals surface area contributed by atoms with E-state index >= 15 is 0 Å². The van der Waals surface area contributed by atoms with Crippen molar-refractivity contribution in [2.24, 2.45) is 5.73 Å². The third-order valence-corrected chi connectivity index (χ3v) is 2.19. The van der Waals surface area contributed by atoms with Crippen LogP contribution in [0.3, 0.4) is 0 Å². The molecule has 0 heterocycles. The van der Waals surface area contributed by atoms with Crippen LogP contribution in [0, 0.1) is 6.92 Å². The third-order valence-electron chi connectivity index (χ3n) is 2.19. The Morgan fingerprint density at radius 1 is 1.22 bits per heavy atom. The molecular weight excluding hydrogens is 236 g/mol. The van der Waals surface area contributed by atoms with Crippen LogP contribution in [0.4, 0.5) is 4.79 Å². The number of hydrogen-bond acceptors (Lipinski definition) is 4. The number of nitrogens with two attached hydrogens (primary N) is 1. The summed E-state index contributed by atoms with van der Waals surface area (Å²) in [5.74, 6) is -1.40. The van der Waals surface area contributed by atoms with Gasteiger partial charge < -0.3 is 10.5 Å². The van der Waals surface area contributed by atoms with Gasteiger partial charge in [-0.1, -0.05) is 17.7 Å². The number of nitrogens with one attached hydrogen (secondary N) is 1. The molecule has 1 aromatic carbocycles. The van der Waals surface area contributed by atoms with Crippen molar-refractivity contribution < 1.29 is 19.1 Å². The molecule has 96 valence electrons. The number of benzene rings is 1. The summed E-state index contributed by atoms with van der Waals surface area (Å²) < 4.78 is 4.88. The molecule has 1 unspecified atom stereocenters. The molecule has 1 atom stereocenters. The molecule has 1 aromatic rings. The van der Waals surface area contributed by atoms with Gasteiger partial charge >= 0.3 is 12.0 Å². The second kappa shape index (κ2) is 5.81. The van der Waals surface area contributed by atoms with E-state index in [2.05, 4.69) is 0 Å². The predicted octanol–water partition coefficient (Wildman–Crippen LogP) is 0.735. The Hall–Kier alpha value is -2.37. The summed E-state index contributed by atoms with van der Waals surface area (Å²) in [5.41, 5.74) is 6.12. The molecule has 1 rings (SSSR count). The number of amides is 3. The van der Waals surface area contributed by atoms with Crippen molar-refractivity contribution in [2.75, 3.05) is 0 Å². The van der Waals surface area contributed by atoms with E-state index in [4.69, 9.17) is 10.5 Å². The summed E-state index contributed by atoms with van der Waals surface area (Å²) in [6.07, 6.45) is -1.09. The molecule has 0 aromatic heterocycles. The van der Waals surface area contributed by atoms with Crippen LogP contribution in [0.2, 0.25) is 0 Å². The first-order valence-electron chi connectivity index (χ1n) is 5.28. The minimum absolute atomic E-state index is 0.333. The molecule has 0 bridgehead atoms. The van der Waals surface area contributed by atoms with Crippen molar-refractivity contribution in [1.82, 2.24) is 5.32 Å². The zero-order chi connectivity index (χ0) is 13.7. The zero-order valence-electron chi connectivity index (χ0n) is 10.1. The smallest absolute Gasteiger partial charge is 0.338 e. The summed E-state index contributed by atoms with van der Waals surface area (Å²) in [5, 5.41) is 1.83. The molecule has 3 amide bonds. The second-order valence-electron chi connectivity index (χ2n) is 3.77. The fourth-order valence-electron chi connectivity index (χ4n) is 1.19. The van der Waals surface area contributed by atoms with Crippen LogP contribution >= 0.6 is 0 Å². The molecule has 0 spiro atoms. The fourth-order valence-corrected chi connectivity index (χ4v) is 1.19. The number of imide groups is 1. The highest BCUT2D eigenvalue weighted by Gasteiger charge is 2.19. The Labute approximate surface area is 104 Å². The number of esters is 1. The van der Waals surface area contributed by atoms with Gasteiger partial charge in [0, 0.05) is 0 Å². The average molecular weight is 250 g/mol. The normalized spacial score (nSPS) is 11.4. The van der Waals surface area contributed by atoms with E-state index < -0.39 is 24.0 Å². The molecule has 0 fully saturated rings. The Morgan fingerprint density at radius 3 is 2.28 bits per heavy atom. The van der Waals surface area contributed by atoms with Gasteiger partial charge in [-0.25, -0.2) is 9.59 Å². The lowest BCUT2D eigenvalue weighted by Crippen LogP contribution is -2.42. The van der Waals surface area contributed by atoms with Crippen LogP contribution in [0.5, 0.6) is 0 Å². The third kappa shape index (κ3) is 3.89. The van der Waals surface area contributed by atoms with Gasteiger partial charge in [-0.3, -0.25) is 10.1 Å². The number of urea groups is 1. The lowest BCUT2D eigenvalue weighted by molar-refractivity contribution is -0.127. The average Bonchev–Trinajstić information content (AvgIpc) is 2.28.